The summed E-state index contributed by atoms with van der Waals surface area (Å²) >= 11 is 6.30. The molecule has 7 nitrogen and oxygen atoms in total. The Hall–Kier alpha value is -1.54. The smallest absolute Gasteiger partial charge is 0.255 e. The number of nitrogens with two attached hydrogens (primary N) is 2. The molecule has 2 aliphatic heterocycles. The topological polar surface area (TPSA) is 103 Å². The number of amides is 1. The average Bonchev–Trinajstić information content (AvgIpc) is 2.99. The van der Waals surface area contributed by atoms with Gasteiger partial charge in [-0.15, -0.1) is 0 Å². The lowest BCUT2D eigenvalue weighted by atomic mass is 9.97. The van der Waals surface area contributed by atoms with Gasteiger partial charge in [-0.1, -0.05) is 11.6 Å². The highest BCUT2D eigenvalue weighted by Crippen LogP contribution is 2.44. The number of nitrogens with zero attached hydrogens (tertiary/aromatic N) is 1. The van der Waals surface area contributed by atoms with Crippen LogP contribution in [0.2, 0.25) is 5.02 Å². The quantitative estimate of drug-likeness (QED) is 0.618. The molecule has 0 aliphatic carbocycles. The largest absolute Gasteiger partial charge is 0.486 e. The third kappa shape index (κ3) is 4.38. The highest BCUT2D eigenvalue weighted by Gasteiger charge is 2.37. The first-order chi connectivity index (χ1) is 13.3. The third-order valence-electron chi connectivity index (χ3n) is 5.54. The van der Waals surface area contributed by atoms with Gasteiger partial charge in [-0.05, 0) is 45.8 Å². The summed E-state index contributed by atoms with van der Waals surface area (Å²) in [6, 6.07) is 1.53. The second kappa shape index (κ2) is 8.45. The fourth-order valence-corrected chi connectivity index (χ4v) is 4.27. The van der Waals surface area contributed by atoms with E-state index in [4.69, 9.17) is 32.5 Å². The molecule has 0 unspecified atom stereocenters. The Morgan fingerprint density at radius 1 is 1.50 bits per heavy atom. The van der Waals surface area contributed by atoms with E-state index >= 15 is 0 Å². The van der Waals surface area contributed by atoms with E-state index < -0.39 is 5.60 Å². The van der Waals surface area contributed by atoms with Crippen molar-refractivity contribution in [3.05, 3.63) is 22.2 Å². The third-order valence-corrected chi connectivity index (χ3v) is 5.85. The van der Waals surface area contributed by atoms with Gasteiger partial charge in [-0.3, -0.25) is 4.79 Å². The van der Waals surface area contributed by atoms with Crippen molar-refractivity contribution in [1.82, 2.24) is 10.2 Å². The number of anilines is 1. The first kappa shape index (κ1) is 21.2. The normalized spacial score (nSPS) is 23.9. The van der Waals surface area contributed by atoms with Gasteiger partial charge >= 0.3 is 0 Å². The summed E-state index contributed by atoms with van der Waals surface area (Å²) in [7, 11) is 1.68. The van der Waals surface area contributed by atoms with E-state index in [2.05, 4.69) is 10.2 Å². The van der Waals surface area contributed by atoms with E-state index in [1.807, 2.05) is 13.8 Å². The van der Waals surface area contributed by atoms with Crippen LogP contribution in [0, 0.1) is 0 Å². The molecule has 2 heterocycles. The summed E-state index contributed by atoms with van der Waals surface area (Å²) in [6.45, 7) is 7.23. The standard InChI is InChI=1S/C20H31ClN4O3/c1-20(2)10-13-17(23)14(21)9-12(18(13)28-20)19(26)24-15-5-8-25(7-4-6-22)11-16(15)27-3/h9,15-16H,4-8,10-11,22-23H2,1-3H3,(H,24,26)/t15-,16+/m1/s1. The minimum absolute atomic E-state index is 0.0759. The number of nitrogens with one attached hydrogen (secondary N) is 1. The molecule has 0 aromatic heterocycles. The van der Waals surface area contributed by atoms with Crippen LogP contribution < -0.4 is 21.5 Å². The number of benzene rings is 1. The van der Waals surface area contributed by atoms with Gasteiger partial charge in [0.2, 0.25) is 0 Å². The Morgan fingerprint density at radius 3 is 2.93 bits per heavy atom. The number of carbonyl (C=O) groups is 1. The number of nitrogen functional groups attached to an aromatic ring is 1. The maximum Gasteiger partial charge on any atom is 0.255 e. The number of rotatable bonds is 6. The molecule has 1 amide bonds. The number of carbonyl (C=O) groups excluding carboxylic acids is 1. The molecule has 1 saturated heterocycles. The Balaban J connectivity index is 1.75. The zero-order valence-electron chi connectivity index (χ0n) is 16.9. The fraction of sp³-hybridized carbons (Fsp3) is 0.650. The molecular weight excluding hydrogens is 380 g/mol. The highest BCUT2D eigenvalue weighted by atomic mass is 35.5. The predicted molar refractivity (Wildman–Crippen MR) is 111 cm³/mol. The van der Waals surface area contributed by atoms with E-state index in [1.165, 1.54) is 0 Å². The number of fused-ring (bicyclic) bond motifs is 1. The molecule has 5 N–H and O–H groups in total. The Bertz CT molecular complexity index is 741. The van der Waals surface area contributed by atoms with Crippen LogP contribution in [0.4, 0.5) is 5.69 Å². The van der Waals surface area contributed by atoms with Crippen LogP contribution >= 0.6 is 11.6 Å². The molecule has 0 bridgehead atoms. The second-order valence-corrected chi connectivity index (χ2v) is 8.66. The van der Waals surface area contributed by atoms with Gasteiger partial charge in [-0.2, -0.15) is 0 Å². The van der Waals surface area contributed by atoms with Crippen molar-refractivity contribution in [1.29, 1.82) is 0 Å². The maximum atomic E-state index is 13.1. The monoisotopic (exact) mass is 410 g/mol. The van der Waals surface area contributed by atoms with E-state index in [9.17, 15) is 4.79 Å². The average molecular weight is 411 g/mol. The van der Waals surface area contributed by atoms with E-state index in [0.717, 1.165) is 38.0 Å². The Labute approximate surface area is 171 Å². The molecule has 3 rings (SSSR count). The predicted octanol–water partition coefficient (Wildman–Crippen LogP) is 1.80. The van der Waals surface area contributed by atoms with Crippen molar-refractivity contribution in [2.24, 2.45) is 5.73 Å². The van der Waals surface area contributed by atoms with Gasteiger partial charge in [0.15, 0.2) is 0 Å². The zero-order valence-corrected chi connectivity index (χ0v) is 17.6. The number of methoxy groups -OCH3 is 1. The number of piperidine rings is 1. The van der Waals surface area contributed by atoms with Crippen molar-refractivity contribution in [2.45, 2.75) is 50.9 Å². The Kier molecular flexibility index (Phi) is 6.39. The van der Waals surface area contributed by atoms with Crippen LogP contribution in [0.25, 0.3) is 0 Å². The van der Waals surface area contributed by atoms with Gasteiger partial charge in [0, 0.05) is 32.2 Å². The minimum atomic E-state index is -0.417. The van der Waals surface area contributed by atoms with Crippen LogP contribution in [-0.2, 0) is 11.2 Å². The number of hydrogen-bond donors (Lipinski definition) is 3. The molecule has 2 atom stereocenters. The molecule has 1 fully saturated rings. The number of ether oxygens (including phenoxy) is 2. The van der Waals surface area contributed by atoms with Crippen molar-refractivity contribution in [3.63, 3.8) is 0 Å². The van der Waals surface area contributed by atoms with Gasteiger partial charge in [0.05, 0.1) is 28.4 Å². The van der Waals surface area contributed by atoms with Gasteiger partial charge < -0.3 is 31.2 Å². The summed E-state index contributed by atoms with van der Waals surface area (Å²) in [5.74, 6) is 0.331. The minimum Gasteiger partial charge on any atom is -0.486 e. The van der Waals surface area contributed by atoms with Crippen molar-refractivity contribution >= 4 is 23.2 Å². The van der Waals surface area contributed by atoms with E-state index in [1.54, 1.807) is 13.2 Å². The molecule has 8 heteroatoms. The highest BCUT2D eigenvalue weighted by molar-refractivity contribution is 6.33. The molecule has 156 valence electrons. The van der Waals surface area contributed by atoms with E-state index in [0.29, 0.717) is 35.0 Å². The van der Waals surface area contributed by atoms with Crippen LogP contribution in [-0.4, -0.2) is 61.8 Å². The summed E-state index contributed by atoms with van der Waals surface area (Å²) in [5.41, 5.74) is 13.0. The fourth-order valence-electron chi connectivity index (χ4n) is 4.05. The summed E-state index contributed by atoms with van der Waals surface area (Å²) < 4.78 is 11.7. The maximum absolute atomic E-state index is 13.1. The molecule has 0 saturated carbocycles. The Morgan fingerprint density at radius 2 is 2.25 bits per heavy atom. The number of hydrogen-bond acceptors (Lipinski definition) is 6. The SMILES string of the molecule is CO[C@H]1CN(CCCN)CC[C@H]1NC(=O)c1cc(Cl)c(N)c2c1OC(C)(C)C2. The van der Waals surface area contributed by atoms with Gasteiger partial charge in [0.1, 0.15) is 11.4 Å². The first-order valence-corrected chi connectivity index (χ1v) is 10.2. The molecule has 2 aliphatic rings. The van der Waals surface area contributed by atoms with E-state index in [-0.39, 0.29) is 18.1 Å². The van der Waals surface area contributed by atoms with Crippen LogP contribution in [0.5, 0.6) is 5.75 Å². The molecular formula is C20H31ClN4O3. The molecule has 1 aromatic rings. The summed E-state index contributed by atoms with van der Waals surface area (Å²) in [5, 5.41) is 3.50. The molecule has 0 spiro atoms. The van der Waals surface area contributed by atoms with Gasteiger partial charge in [0.25, 0.3) is 5.91 Å². The molecule has 28 heavy (non-hydrogen) atoms. The second-order valence-electron chi connectivity index (χ2n) is 8.25. The van der Waals surface area contributed by atoms with Crippen LogP contribution in [0.3, 0.4) is 0 Å². The lowest BCUT2D eigenvalue weighted by Gasteiger charge is -2.38. The van der Waals surface area contributed by atoms with Gasteiger partial charge in [-0.25, -0.2) is 0 Å². The number of halogens is 1. The van der Waals surface area contributed by atoms with Crippen LogP contribution in [0.15, 0.2) is 6.07 Å². The first-order valence-electron chi connectivity index (χ1n) is 9.81. The number of likely N-dealkylation sites (tertiary alicyclic amines) is 1. The van der Waals surface area contributed by atoms with Crippen molar-refractivity contribution in [2.75, 3.05) is 39.0 Å². The lowest BCUT2D eigenvalue weighted by molar-refractivity contribution is 0.00627. The summed E-state index contributed by atoms with van der Waals surface area (Å²) in [4.78, 5) is 15.4. The lowest BCUT2D eigenvalue weighted by Crippen LogP contribution is -2.55. The molecule has 0 radical (unpaired) electrons. The van der Waals surface area contributed by atoms with Crippen molar-refractivity contribution in [3.8, 4) is 5.75 Å². The summed E-state index contributed by atoms with van der Waals surface area (Å²) in [6.07, 6.45) is 2.31. The van der Waals surface area contributed by atoms with Crippen molar-refractivity contribution < 1.29 is 14.3 Å². The zero-order chi connectivity index (χ0) is 20.5. The molecule has 1 aromatic carbocycles. The van der Waals surface area contributed by atoms with Crippen LogP contribution in [0.1, 0.15) is 42.6 Å².